The summed E-state index contributed by atoms with van der Waals surface area (Å²) in [5.41, 5.74) is 1.22. The van der Waals surface area contributed by atoms with Gasteiger partial charge in [-0.1, -0.05) is 25.4 Å². The van der Waals surface area contributed by atoms with Crippen LogP contribution in [0, 0.1) is 0 Å². The number of hydrogen-bond donors (Lipinski definition) is 1. The topological polar surface area (TPSA) is 72.7 Å². The van der Waals surface area contributed by atoms with Crippen molar-refractivity contribution in [3.05, 3.63) is 34.9 Å². The van der Waals surface area contributed by atoms with Gasteiger partial charge in [0.25, 0.3) is 5.91 Å². The van der Waals surface area contributed by atoms with Crippen molar-refractivity contribution in [1.29, 1.82) is 0 Å². The quantitative estimate of drug-likeness (QED) is 0.875. The first-order valence-corrected chi connectivity index (χ1v) is 6.18. The van der Waals surface area contributed by atoms with Crippen molar-refractivity contribution in [3.8, 4) is 0 Å². The Morgan fingerprint density at radius 1 is 1.42 bits per heavy atom. The number of anilines is 1. The largest absolute Gasteiger partial charge is 0.291 e. The van der Waals surface area contributed by atoms with Gasteiger partial charge in [-0.25, -0.2) is 9.67 Å². The van der Waals surface area contributed by atoms with E-state index in [1.54, 1.807) is 13.1 Å². The highest BCUT2D eigenvalue weighted by Gasteiger charge is 2.13. The van der Waals surface area contributed by atoms with E-state index in [1.807, 2.05) is 13.8 Å². The standard InChI is InChI=1S/C12H14ClN5O/c1-7(2)9-4-8(5-10(13)16-9)11(19)17-12-14-6-15-18(12)3/h4-7H,1-3H3,(H,14,15,17,19). The second-order valence-corrected chi connectivity index (χ2v) is 4.81. The predicted octanol–water partition coefficient (Wildman–Crippen LogP) is 2.24. The summed E-state index contributed by atoms with van der Waals surface area (Å²) in [6, 6.07) is 3.25. The van der Waals surface area contributed by atoms with Crippen molar-refractivity contribution in [3.63, 3.8) is 0 Å². The monoisotopic (exact) mass is 279 g/mol. The van der Waals surface area contributed by atoms with Crippen LogP contribution in [0.5, 0.6) is 0 Å². The molecular formula is C12H14ClN5O. The maximum Gasteiger partial charge on any atom is 0.258 e. The van der Waals surface area contributed by atoms with Gasteiger partial charge in [-0.2, -0.15) is 10.1 Å². The highest BCUT2D eigenvalue weighted by molar-refractivity contribution is 6.29. The molecule has 1 amide bonds. The SMILES string of the molecule is CC(C)c1cc(C(=O)Nc2ncnn2C)cc(Cl)n1. The number of carbonyl (C=O) groups is 1. The Kier molecular flexibility index (Phi) is 3.80. The van der Waals surface area contributed by atoms with Crippen LogP contribution in [-0.2, 0) is 7.05 Å². The summed E-state index contributed by atoms with van der Waals surface area (Å²) in [6.45, 7) is 3.98. The lowest BCUT2D eigenvalue weighted by atomic mass is 10.1. The van der Waals surface area contributed by atoms with Crippen LogP contribution < -0.4 is 5.32 Å². The lowest BCUT2D eigenvalue weighted by Gasteiger charge is -2.08. The number of pyridine rings is 1. The maximum atomic E-state index is 12.1. The molecule has 0 unspecified atom stereocenters. The Balaban J connectivity index is 2.26. The summed E-state index contributed by atoms with van der Waals surface area (Å²) in [7, 11) is 1.70. The third-order valence-electron chi connectivity index (χ3n) is 2.60. The highest BCUT2D eigenvalue weighted by Crippen LogP contribution is 2.18. The molecule has 0 aromatic carbocycles. The molecule has 0 radical (unpaired) electrons. The summed E-state index contributed by atoms with van der Waals surface area (Å²) in [4.78, 5) is 20.2. The minimum absolute atomic E-state index is 0.195. The van der Waals surface area contributed by atoms with E-state index < -0.39 is 0 Å². The van der Waals surface area contributed by atoms with Crippen molar-refractivity contribution in [2.75, 3.05) is 5.32 Å². The average Bonchev–Trinajstić information content (AvgIpc) is 2.74. The zero-order chi connectivity index (χ0) is 14.0. The van der Waals surface area contributed by atoms with Crippen LogP contribution in [0.4, 0.5) is 5.95 Å². The Morgan fingerprint density at radius 2 is 2.16 bits per heavy atom. The molecule has 0 aliphatic heterocycles. The molecule has 2 rings (SSSR count). The van der Waals surface area contributed by atoms with Gasteiger partial charge in [0.15, 0.2) is 0 Å². The number of nitrogens with one attached hydrogen (secondary N) is 1. The van der Waals surface area contributed by atoms with E-state index in [-0.39, 0.29) is 11.8 Å². The van der Waals surface area contributed by atoms with Gasteiger partial charge in [-0.05, 0) is 18.1 Å². The first-order chi connectivity index (χ1) is 8.97. The molecule has 0 saturated carbocycles. The molecule has 0 spiro atoms. The number of hydrogen-bond acceptors (Lipinski definition) is 4. The van der Waals surface area contributed by atoms with E-state index in [0.29, 0.717) is 16.7 Å². The molecule has 2 aromatic rings. The number of amides is 1. The van der Waals surface area contributed by atoms with E-state index in [0.717, 1.165) is 5.69 Å². The predicted molar refractivity (Wildman–Crippen MR) is 72.3 cm³/mol. The molecule has 0 aliphatic carbocycles. The third-order valence-corrected chi connectivity index (χ3v) is 2.80. The van der Waals surface area contributed by atoms with Crippen molar-refractivity contribution >= 4 is 23.5 Å². The van der Waals surface area contributed by atoms with Crippen LogP contribution in [0.25, 0.3) is 0 Å². The molecule has 2 aromatic heterocycles. The van der Waals surface area contributed by atoms with Crippen LogP contribution in [0.2, 0.25) is 5.15 Å². The Labute approximate surface area is 115 Å². The fourth-order valence-corrected chi connectivity index (χ4v) is 1.74. The van der Waals surface area contributed by atoms with E-state index in [9.17, 15) is 4.79 Å². The molecule has 0 aliphatic rings. The first kappa shape index (κ1) is 13.5. The Hall–Kier alpha value is -1.95. The van der Waals surface area contributed by atoms with E-state index in [4.69, 9.17) is 11.6 Å². The minimum atomic E-state index is -0.290. The summed E-state index contributed by atoms with van der Waals surface area (Å²) < 4.78 is 1.48. The van der Waals surface area contributed by atoms with Crippen LogP contribution in [0.1, 0.15) is 35.8 Å². The van der Waals surface area contributed by atoms with Crippen molar-refractivity contribution in [1.82, 2.24) is 19.7 Å². The highest BCUT2D eigenvalue weighted by atomic mass is 35.5. The normalized spacial score (nSPS) is 10.8. The Morgan fingerprint density at radius 3 is 2.74 bits per heavy atom. The molecule has 100 valence electrons. The molecule has 0 fully saturated rings. The molecule has 6 nitrogen and oxygen atoms in total. The van der Waals surface area contributed by atoms with Crippen LogP contribution in [-0.4, -0.2) is 25.7 Å². The van der Waals surface area contributed by atoms with Crippen LogP contribution >= 0.6 is 11.6 Å². The molecule has 19 heavy (non-hydrogen) atoms. The first-order valence-electron chi connectivity index (χ1n) is 5.80. The summed E-state index contributed by atoms with van der Waals surface area (Å²) in [5, 5.41) is 6.84. The molecular weight excluding hydrogens is 266 g/mol. The van der Waals surface area contributed by atoms with Crippen LogP contribution in [0.3, 0.4) is 0 Å². The molecule has 0 saturated heterocycles. The summed E-state index contributed by atoms with van der Waals surface area (Å²) >= 11 is 5.93. The van der Waals surface area contributed by atoms with Gasteiger partial charge in [0.2, 0.25) is 5.95 Å². The number of aryl methyl sites for hydroxylation is 1. The van der Waals surface area contributed by atoms with E-state index in [2.05, 4.69) is 20.4 Å². The van der Waals surface area contributed by atoms with Crippen molar-refractivity contribution in [2.45, 2.75) is 19.8 Å². The average molecular weight is 280 g/mol. The number of halogens is 1. The van der Waals surface area contributed by atoms with Gasteiger partial charge in [0.1, 0.15) is 11.5 Å². The molecule has 7 heteroatoms. The molecule has 0 atom stereocenters. The summed E-state index contributed by atoms with van der Waals surface area (Å²) in [5.74, 6) is 0.284. The number of carbonyl (C=O) groups excluding carboxylic acids is 1. The zero-order valence-electron chi connectivity index (χ0n) is 10.9. The number of nitrogens with zero attached hydrogens (tertiary/aromatic N) is 4. The van der Waals surface area contributed by atoms with Gasteiger partial charge < -0.3 is 0 Å². The Bertz CT molecular complexity index is 608. The minimum Gasteiger partial charge on any atom is -0.291 e. The second-order valence-electron chi connectivity index (χ2n) is 4.42. The lowest BCUT2D eigenvalue weighted by Crippen LogP contribution is -2.16. The third kappa shape index (κ3) is 3.08. The van der Waals surface area contributed by atoms with Crippen molar-refractivity contribution < 1.29 is 4.79 Å². The second kappa shape index (κ2) is 5.36. The van der Waals surface area contributed by atoms with E-state index >= 15 is 0 Å². The fraction of sp³-hybridized carbons (Fsp3) is 0.333. The molecule has 0 bridgehead atoms. The fourth-order valence-electron chi connectivity index (χ4n) is 1.53. The van der Waals surface area contributed by atoms with Gasteiger partial charge in [-0.3, -0.25) is 10.1 Å². The number of rotatable bonds is 3. The smallest absolute Gasteiger partial charge is 0.258 e. The lowest BCUT2D eigenvalue weighted by molar-refractivity contribution is 0.102. The molecule has 2 heterocycles. The molecule has 1 N–H and O–H groups in total. The van der Waals surface area contributed by atoms with E-state index in [1.165, 1.54) is 17.1 Å². The maximum absolute atomic E-state index is 12.1. The number of aromatic nitrogens is 4. The van der Waals surface area contributed by atoms with Crippen LogP contribution in [0.15, 0.2) is 18.5 Å². The summed E-state index contributed by atoms with van der Waals surface area (Å²) in [6.07, 6.45) is 1.37. The van der Waals surface area contributed by atoms with Gasteiger partial charge >= 0.3 is 0 Å². The zero-order valence-corrected chi connectivity index (χ0v) is 11.6. The van der Waals surface area contributed by atoms with Gasteiger partial charge in [0, 0.05) is 18.3 Å². The van der Waals surface area contributed by atoms with Gasteiger partial charge in [0.05, 0.1) is 0 Å². The van der Waals surface area contributed by atoms with Gasteiger partial charge in [-0.15, -0.1) is 0 Å². The van der Waals surface area contributed by atoms with Crippen molar-refractivity contribution in [2.24, 2.45) is 7.05 Å².